The highest BCUT2D eigenvalue weighted by atomic mass is 16.5. The molecule has 2 aliphatic rings. The Morgan fingerprint density at radius 2 is 2.19 bits per heavy atom. The van der Waals surface area contributed by atoms with Gasteiger partial charge in [-0.1, -0.05) is 25.5 Å². The Kier molecular flexibility index (Phi) is 4.12. The molecule has 1 atom stereocenters. The monoisotopic (exact) mass is 289 g/mol. The predicted octanol–water partition coefficient (Wildman–Crippen LogP) is 3.70. The number of para-hydroxylation sites is 1. The van der Waals surface area contributed by atoms with Crippen LogP contribution in [0.15, 0.2) is 18.2 Å². The summed E-state index contributed by atoms with van der Waals surface area (Å²) >= 11 is 0. The second kappa shape index (κ2) is 5.88. The van der Waals surface area contributed by atoms with E-state index in [1.807, 2.05) is 6.07 Å². The quantitative estimate of drug-likeness (QED) is 0.830. The average Bonchev–Trinajstić information content (AvgIpc) is 3.18. The highest BCUT2D eigenvalue weighted by Crippen LogP contribution is 2.42. The first-order valence-electron chi connectivity index (χ1n) is 8.28. The van der Waals surface area contributed by atoms with Crippen molar-refractivity contribution in [3.8, 4) is 11.5 Å². The van der Waals surface area contributed by atoms with Gasteiger partial charge in [0.2, 0.25) is 0 Å². The molecule has 0 saturated heterocycles. The van der Waals surface area contributed by atoms with Crippen LogP contribution in [0, 0.1) is 0 Å². The summed E-state index contributed by atoms with van der Waals surface area (Å²) in [6, 6.07) is 6.99. The van der Waals surface area contributed by atoms with Gasteiger partial charge in [-0.3, -0.25) is 0 Å². The van der Waals surface area contributed by atoms with Crippen LogP contribution < -0.4 is 14.8 Å². The standard InChI is InChI=1S/C18H27NO2/c1-4-6-15(12-19-14-9-10-14)20-16-8-5-7-13-11-18(2,3)21-17(13)16/h5,7-8,14-15,19H,4,6,9-12H2,1-3H3. The van der Waals surface area contributed by atoms with Crippen molar-refractivity contribution in [2.24, 2.45) is 0 Å². The normalized spacial score (nSPS) is 20.7. The Morgan fingerprint density at radius 1 is 1.38 bits per heavy atom. The third-order valence-electron chi connectivity index (χ3n) is 4.17. The van der Waals surface area contributed by atoms with Crippen molar-refractivity contribution >= 4 is 0 Å². The molecule has 1 heterocycles. The SMILES string of the molecule is CCCC(CNC1CC1)Oc1cccc2c1OC(C)(C)C2. The molecule has 3 nitrogen and oxygen atoms in total. The summed E-state index contributed by atoms with van der Waals surface area (Å²) in [5.74, 6) is 1.86. The maximum atomic E-state index is 6.28. The number of rotatable bonds is 7. The molecule has 1 fully saturated rings. The molecule has 1 aromatic carbocycles. The van der Waals surface area contributed by atoms with Crippen LogP contribution in [0.25, 0.3) is 0 Å². The maximum Gasteiger partial charge on any atom is 0.165 e. The molecule has 1 N–H and O–H groups in total. The van der Waals surface area contributed by atoms with E-state index in [0.717, 1.165) is 43.3 Å². The number of nitrogens with one attached hydrogen (secondary N) is 1. The molecular weight excluding hydrogens is 262 g/mol. The lowest BCUT2D eigenvalue weighted by Crippen LogP contribution is -2.32. The van der Waals surface area contributed by atoms with E-state index in [4.69, 9.17) is 9.47 Å². The highest BCUT2D eigenvalue weighted by molar-refractivity contribution is 5.50. The zero-order valence-corrected chi connectivity index (χ0v) is 13.4. The Bertz CT molecular complexity index is 494. The molecule has 3 rings (SSSR count). The van der Waals surface area contributed by atoms with Crippen LogP contribution in [-0.4, -0.2) is 24.3 Å². The van der Waals surface area contributed by atoms with Gasteiger partial charge < -0.3 is 14.8 Å². The number of benzene rings is 1. The van der Waals surface area contributed by atoms with E-state index in [9.17, 15) is 0 Å². The van der Waals surface area contributed by atoms with E-state index in [1.54, 1.807) is 0 Å². The molecule has 1 aliphatic heterocycles. The molecule has 3 heteroatoms. The summed E-state index contributed by atoms with van der Waals surface area (Å²) in [4.78, 5) is 0. The minimum Gasteiger partial charge on any atom is -0.485 e. The van der Waals surface area contributed by atoms with E-state index in [2.05, 4.69) is 38.2 Å². The summed E-state index contributed by atoms with van der Waals surface area (Å²) in [6.07, 6.45) is 6.03. The molecule has 1 aromatic rings. The molecule has 0 aromatic heterocycles. The van der Waals surface area contributed by atoms with Gasteiger partial charge in [-0.25, -0.2) is 0 Å². The Balaban J connectivity index is 1.69. The number of hydrogen-bond donors (Lipinski definition) is 1. The molecule has 1 unspecified atom stereocenters. The average molecular weight is 289 g/mol. The molecule has 1 saturated carbocycles. The molecule has 1 aliphatic carbocycles. The van der Waals surface area contributed by atoms with Gasteiger partial charge in [0, 0.05) is 24.6 Å². The molecule has 116 valence electrons. The van der Waals surface area contributed by atoms with E-state index >= 15 is 0 Å². The van der Waals surface area contributed by atoms with Gasteiger partial charge in [-0.05, 0) is 39.2 Å². The fourth-order valence-electron chi connectivity index (χ4n) is 2.97. The summed E-state index contributed by atoms with van der Waals surface area (Å²) < 4.78 is 12.4. The lowest BCUT2D eigenvalue weighted by Gasteiger charge is -2.22. The van der Waals surface area contributed by atoms with E-state index in [0.29, 0.717) is 0 Å². The summed E-state index contributed by atoms with van der Waals surface area (Å²) in [5.41, 5.74) is 1.15. The second-order valence-corrected chi connectivity index (χ2v) is 6.99. The van der Waals surface area contributed by atoms with Gasteiger partial charge in [0.1, 0.15) is 11.7 Å². The van der Waals surface area contributed by atoms with Crippen molar-refractivity contribution in [1.82, 2.24) is 5.32 Å². The molecule has 0 radical (unpaired) electrons. The van der Waals surface area contributed by atoms with Crippen LogP contribution in [0.3, 0.4) is 0 Å². The number of hydrogen-bond acceptors (Lipinski definition) is 3. The van der Waals surface area contributed by atoms with Gasteiger partial charge in [0.15, 0.2) is 11.5 Å². The van der Waals surface area contributed by atoms with Crippen molar-refractivity contribution in [2.75, 3.05) is 6.54 Å². The molecular formula is C18H27NO2. The Labute approximate surface area is 128 Å². The Hall–Kier alpha value is -1.22. The van der Waals surface area contributed by atoms with E-state index < -0.39 is 0 Å². The second-order valence-electron chi connectivity index (χ2n) is 6.99. The van der Waals surface area contributed by atoms with Gasteiger partial charge >= 0.3 is 0 Å². The Morgan fingerprint density at radius 3 is 2.90 bits per heavy atom. The van der Waals surface area contributed by atoms with E-state index in [1.165, 1.54) is 18.4 Å². The topological polar surface area (TPSA) is 30.5 Å². The first-order valence-corrected chi connectivity index (χ1v) is 8.28. The lowest BCUT2D eigenvalue weighted by atomic mass is 10.0. The highest BCUT2D eigenvalue weighted by Gasteiger charge is 2.33. The van der Waals surface area contributed by atoms with Gasteiger partial charge in [0.25, 0.3) is 0 Å². The van der Waals surface area contributed by atoms with Crippen molar-refractivity contribution in [2.45, 2.75) is 70.6 Å². The van der Waals surface area contributed by atoms with Gasteiger partial charge in [0.05, 0.1) is 0 Å². The van der Waals surface area contributed by atoms with Crippen molar-refractivity contribution in [3.05, 3.63) is 23.8 Å². The van der Waals surface area contributed by atoms with Crippen molar-refractivity contribution < 1.29 is 9.47 Å². The molecule has 21 heavy (non-hydrogen) atoms. The van der Waals surface area contributed by atoms with Crippen LogP contribution in [0.1, 0.15) is 52.0 Å². The predicted molar refractivity (Wildman–Crippen MR) is 85.2 cm³/mol. The van der Waals surface area contributed by atoms with Crippen molar-refractivity contribution in [1.29, 1.82) is 0 Å². The fourth-order valence-corrected chi connectivity index (χ4v) is 2.97. The van der Waals surface area contributed by atoms with Crippen molar-refractivity contribution in [3.63, 3.8) is 0 Å². The van der Waals surface area contributed by atoms with Crippen LogP contribution in [0.2, 0.25) is 0 Å². The number of fused-ring (bicyclic) bond motifs is 1. The lowest BCUT2D eigenvalue weighted by molar-refractivity contribution is 0.123. The largest absolute Gasteiger partial charge is 0.485 e. The summed E-state index contributed by atoms with van der Waals surface area (Å²) in [5, 5.41) is 3.58. The molecule has 0 amide bonds. The van der Waals surface area contributed by atoms with E-state index in [-0.39, 0.29) is 11.7 Å². The molecule has 0 spiro atoms. The van der Waals surface area contributed by atoms with Gasteiger partial charge in [-0.2, -0.15) is 0 Å². The summed E-state index contributed by atoms with van der Waals surface area (Å²) in [7, 11) is 0. The zero-order chi connectivity index (χ0) is 14.9. The minimum atomic E-state index is -0.117. The molecule has 0 bridgehead atoms. The first kappa shape index (κ1) is 14.7. The van der Waals surface area contributed by atoms with Crippen LogP contribution in [0.5, 0.6) is 11.5 Å². The van der Waals surface area contributed by atoms with Crippen LogP contribution in [-0.2, 0) is 6.42 Å². The third-order valence-corrected chi connectivity index (χ3v) is 4.17. The smallest absolute Gasteiger partial charge is 0.165 e. The minimum absolute atomic E-state index is 0.117. The first-order chi connectivity index (χ1) is 10.1. The zero-order valence-electron chi connectivity index (χ0n) is 13.4. The summed E-state index contributed by atoms with van der Waals surface area (Å²) in [6.45, 7) is 7.41. The van der Waals surface area contributed by atoms with Gasteiger partial charge in [-0.15, -0.1) is 0 Å². The van der Waals surface area contributed by atoms with Crippen LogP contribution >= 0.6 is 0 Å². The fraction of sp³-hybridized carbons (Fsp3) is 0.667. The maximum absolute atomic E-state index is 6.28. The number of ether oxygens (including phenoxy) is 2. The van der Waals surface area contributed by atoms with Crippen LogP contribution in [0.4, 0.5) is 0 Å². The third kappa shape index (κ3) is 3.70.